The molecule has 0 saturated heterocycles. The van der Waals surface area contributed by atoms with E-state index < -0.39 is 0 Å². The van der Waals surface area contributed by atoms with Crippen molar-refractivity contribution in [2.24, 2.45) is 0 Å². The SMILES string of the molecule is Cc1ccccc1[C@@H](CC(=O)N(C)CCO)c1ccccc1. The van der Waals surface area contributed by atoms with Gasteiger partial charge in [-0.25, -0.2) is 0 Å². The van der Waals surface area contributed by atoms with E-state index in [1.165, 1.54) is 11.1 Å². The number of aryl methyl sites for hydroxylation is 1. The van der Waals surface area contributed by atoms with Gasteiger partial charge >= 0.3 is 0 Å². The third-order valence-electron chi connectivity index (χ3n) is 4.01. The van der Waals surface area contributed by atoms with E-state index in [2.05, 4.69) is 31.2 Å². The maximum Gasteiger partial charge on any atom is 0.223 e. The molecule has 0 aromatic heterocycles. The van der Waals surface area contributed by atoms with Gasteiger partial charge in [0.2, 0.25) is 5.91 Å². The Balaban J connectivity index is 2.31. The van der Waals surface area contributed by atoms with Gasteiger partial charge < -0.3 is 10.0 Å². The fraction of sp³-hybridized carbons (Fsp3) is 0.316. The van der Waals surface area contributed by atoms with E-state index in [0.717, 1.165) is 5.56 Å². The molecule has 0 fully saturated rings. The molecule has 2 aromatic carbocycles. The quantitative estimate of drug-likeness (QED) is 0.890. The number of aliphatic hydroxyl groups is 1. The first-order valence-electron chi connectivity index (χ1n) is 7.58. The summed E-state index contributed by atoms with van der Waals surface area (Å²) in [6.45, 7) is 2.43. The molecule has 22 heavy (non-hydrogen) atoms. The van der Waals surface area contributed by atoms with Crippen LogP contribution in [0.3, 0.4) is 0 Å². The van der Waals surface area contributed by atoms with Crippen LogP contribution in [0.2, 0.25) is 0 Å². The van der Waals surface area contributed by atoms with E-state index in [9.17, 15) is 4.79 Å². The molecule has 3 heteroatoms. The molecule has 116 valence electrons. The lowest BCUT2D eigenvalue weighted by Gasteiger charge is -2.23. The number of benzene rings is 2. The lowest BCUT2D eigenvalue weighted by Crippen LogP contribution is -2.30. The van der Waals surface area contributed by atoms with E-state index in [1.54, 1.807) is 11.9 Å². The number of amides is 1. The molecule has 0 spiro atoms. The highest BCUT2D eigenvalue weighted by Gasteiger charge is 2.21. The normalized spacial score (nSPS) is 12.0. The maximum absolute atomic E-state index is 12.4. The molecular weight excluding hydrogens is 274 g/mol. The van der Waals surface area contributed by atoms with Crippen LogP contribution < -0.4 is 0 Å². The molecule has 3 nitrogen and oxygen atoms in total. The Bertz CT molecular complexity index is 610. The maximum atomic E-state index is 12.4. The molecule has 0 aliphatic carbocycles. The first-order chi connectivity index (χ1) is 10.6. The summed E-state index contributed by atoms with van der Waals surface area (Å²) in [5, 5.41) is 9.00. The van der Waals surface area contributed by atoms with Crippen LogP contribution in [0.1, 0.15) is 29.0 Å². The van der Waals surface area contributed by atoms with Crippen molar-refractivity contribution < 1.29 is 9.90 Å². The summed E-state index contributed by atoms with van der Waals surface area (Å²) in [6, 6.07) is 18.3. The summed E-state index contributed by atoms with van der Waals surface area (Å²) in [7, 11) is 1.73. The lowest BCUT2D eigenvalue weighted by atomic mass is 9.86. The summed E-state index contributed by atoms with van der Waals surface area (Å²) < 4.78 is 0. The molecule has 0 radical (unpaired) electrons. The average Bonchev–Trinajstić information content (AvgIpc) is 2.54. The second-order valence-electron chi connectivity index (χ2n) is 5.56. The van der Waals surface area contributed by atoms with Crippen molar-refractivity contribution in [2.75, 3.05) is 20.2 Å². The highest BCUT2D eigenvalue weighted by molar-refractivity contribution is 5.77. The van der Waals surface area contributed by atoms with E-state index in [-0.39, 0.29) is 18.4 Å². The van der Waals surface area contributed by atoms with Crippen LogP contribution in [0.5, 0.6) is 0 Å². The lowest BCUT2D eigenvalue weighted by molar-refractivity contribution is -0.130. The van der Waals surface area contributed by atoms with Gasteiger partial charge in [0, 0.05) is 25.9 Å². The van der Waals surface area contributed by atoms with Crippen molar-refractivity contribution in [3.05, 3.63) is 71.3 Å². The highest BCUT2D eigenvalue weighted by atomic mass is 16.3. The Morgan fingerprint density at radius 3 is 2.36 bits per heavy atom. The van der Waals surface area contributed by atoms with Crippen molar-refractivity contribution in [1.82, 2.24) is 4.90 Å². The molecule has 1 N–H and O–H groups in total. The average molecular weight is 297 g/mol. The van der Waals surface area contributed by atoms with Crippen LogP contribution in [0.25, 0.3) is 0 Å². The van der Waals surface area contributed by atoms with Crippen molar-refractivity contribution in [1.29, 1.82) is 0 Å². The van der Waals surface area contributed by atoms with Gasteiger partial charge in [-0.05, 0) is 23.6 Å². The Morgan fingerprint density at radius 2 is 1.73 bits per heavy atom. The zero-order valence-electron chi connectivity index (χ0n) is 13.2. The molecule has 2 aromatic rings. The summed E-state index contributed by atoms with van der Waals surface area (Å²) in [4.78, 5) is 14.0. The van der Waals surface area contributed by atoms with Crippen LogP contribution in [-0.2, 0) is 4.79 Å². The smallest absolute Gasteiger partial charge is 0.223 e. The molecule has 0 heterocycles. The zero-order valence-corrected chi connectivity index (χ0v) is 13.2. The second kappa shape index (κ2) is 7.76. The highest BCUT2D eigenvalue weighted by Crippen LogP contribution is 2.30. The van der Waals surface area contributed by atoms with Crippen LogP contribution in [-0.4, -0.2) is 36.1 Å². The molecule has 1 amide bonds. The Morgan fingerprint density at radius 1 is 1.09 bits per heavy atom. The number of nitrogens with zero attached hydrogens (tertiary/aromatic N) is 1. The van der Waals surface area contributed by atoms with E-state index in [4.69, 9.17) is 5.11 Å². The van der Waals surface area contributed by atoms with Gasteiger partial charge in [0.05, 0.1) is 6.61 Å². The van der Waals surface area contributed by atoms with Crippen LogP contribution >= 0.6 is 0 Å². The Labute approximate surface area is 132 Å². The number of aliphatic hydroxyl groups excluding tert-OH is 1. The minimum absolute atomic E-state index is 0.0113. The van der Waals surface area contributed by atoms with Crippen LogP contribution in [0.15, 0.2) is 54.6 Å². The fourth-order valence-electron chi connectivity index (χ4n) is 2.68. The first kappa shape index (κ1) is 16.2. The van der Waals surface area contributed by atoms with Crippen molar-refractivity contribution in [3.8, 4) is 0 Å². The van der Waals surface area contributed by atoms with Gasteiger partial charge in [0.1, 0.15) is 0 Å². The van der Waals surface area contributed by atoms with E-state index >= 15 is 0 Å². The minimum atomic E-state index is -0.0113. The monoisotopic (exact) mass is 297 g/mol. The summed E-state index contributed by atoms with van der Waals surface area (Å²) in [5.41, 5.74) is 3.51. The number of likely N-dealkylation sites (N-methyl/N-ethyl adjacent to an activating group) is 1. The van der Waals surface area contributed by atoms with Crippen molar-refractivity contribution in [3.63, 3.8) is 0 Å². The molecule has 0 aliphatic rings. The van der Waals surface area contributed by atoms with Crippen molar-refractivity contribution in [2.45, 2.75) is 19.3 Å². The largest absolute Gasteiger partial charge is 0.395 e. The Kier molecular flexibility index (Phi) is 5.73. The van der Waals surface area contributed by atoms with Crippen LogP contribution in [0, 0.1) is 6.92 Å². The number of carbonyl (C=O) groups excluding carboxylic acids is 1. The van der Waals surface area contributed by atoms with Gasteiger partial charge in [-0.2, -0.15) is 0 Å². The number of carbonyl (C=O) groups is 1. The molecule has 0 saturated carbocycles. The van der Waals surface area contributed by atoms with Crippen LogP contribution in [0.4, 0.5) is 0 Å². The second-order valence-corrected chi connectivity index (χ2v) is 5.56. The molecule has 1 atom stereocenters. The molecule has 0 unspecified atom stereocenters. The third-order valence-corrected chi connectivity index (χ3v) is 4.01. The first-order valence-corrected chi connectivity index (χ1v) is 7.58. The van der Waals surface area contributed by atoms with Gasteiger partial charge in [-0.3, -0.25) is 4.79 Å². The molecular formula is C19H23NO2. The van der Waals surface area contributed by atoms with Crippen molar-refractivity contribution >= 4 is 5.91 Å². The summed E-state index contributed by atoms with van der Waals surface area (Å²) in [5.74, 6) is 0.0854. The Hall–Kier alpha value is -2.13. The van der Waals surface area contributed by atoms with Gasteiger partial charge in [-0.1, -0.05) is 54.6 Å². The molecule has 2 rings (SSSR count). The zero-order chi connectivity index (χ0) is 15.9. The minimum Gasteiger partial charge on any atom is -0.395 e. The number of hydrogen-bond donors (Lipinski definition) is 1. The van der Waals surface area contributed by atoms with Gasteiger partial charge in [0.25, 0.3) is 0 Å². The molecule has 0 aliphatic heterocycles. The van der Waals surface area contributed by atoms with E-state index in [0.29, 0.717) is 13.0 Å². The molecule has 0 bridgehead atoms. The predicted molar refractivity (Wildman–Crippen MR) is 88.8 cm³/mol. The fourth-order valence-corrected chi connectivity index (χ4v) is 2.68. The van der Waals surface area contributed by atoms with E-state index in [1.807, 2.05) is 30.3 Å². The van der Waals surface area contributed by atoms with Gasteiger partial charge in [-0.15, -0.1) is 0 Å². The predicted octanol–water partition coefficient (Wildman–Crippen LogP) is 2.97. The standard InChI is InChI=1S/C19H23NO2/c1-15-8-6-7-11-17(15)18(16-9-4-3-5-10-16)14-19(22)20(2)12-13-21/h3-11,18,21H,12-14H2,1-2H3/t18-/m0/s1. The third kappa shape index (κ3) is 3.95. The van der Waals surface area contributed by atoms with Gasteiger partial charge in [0.15, 0.2) is 0 Å². The summed E-state index contributed by atoms with van der Waals surface area (Å²) in [6.07, 6.45) is 0.408. The number of hydrogen-bond acceptors (Lipinski definition) is 2. The summed E-state index contributed by atoms with van der Waals surface area (Å²) >= 11 is 0. The topological polar surface area (TPSA) is 40.5 Å². The number of rotatable bonds is 6.